The molecule has 20 heavy (non-hydrogen) atoms. The highest BCUT2D eigenvalue weighted by atomic mass is 16.5. The third-order valence-electron chi connectivity index (χ3n) is 2.76. The zero-order chi connectivity index (χ0) is 15.1. The van der Waals surface area contributed by atoms with Crippen molar-refractivity contribution >= 4 is 11.7 Å². The van der Waals surface area contributed by atoms with Gasteiger partial charge in [0.05, 0.1) is 18.7 Å². The topological polar surface area (TPSA) is 88.2 Å². The van der Waals surface area contributed by atoms with Crippen LogP contribution in [0.1, 0.15) is 31.1 Å². The van der Waals surface area contributed by atoms with Crippen molar-refractivity contribution in [2.45, 2.75) is 26.8 Å². The molecular formula is C14H21N3O3. The first-order valence-electron chi connectivity index (χ1n) is 6.50. The zero-order valence-electron chi connectivity index (χ0n) is 12.0. The van der Waals surface area contributed by atoms with Gasteiger partial charge in [0.2, 0.25) is 0 Å². The molecule has 0 aliphatic heterocycles. The number of carbonyl (C=O) groups is 1. The van der Waals surface area contributed by atoms with Gasteiger partial charge < -0.3 is 20.6 Å². The van der Waals surface area contributed by atoms with Crippen LogP contribution in [0.4, 0.5) is 0 Å². The van der Waals surface area contributed by atoms with E-state index in [1.165, 1.54) is 4.90 Å². The Morgan fingerprint density at radius 3 is 2.65 bits per heavy atom. The van der Waals surface area contributed by atoms with Gasteiger partial charge in [0, 0.05) is 6.04 Å². The Bertz CT molecular complexity index is 486. The molecule has 0 aliphatic rings. The molecule has 0 saturated carbocycles. The van der Waals surface area contributed by atoms with Crippen LogP contribution in [0.5, 0.6) is 5.75 Å². The van der Waals surface area contributed by atoms with E-state index in [2.05, 4.69) is 5.16 Å². The number of amidine groups is 1. The fraction of sp³-hybridized carbons (Fsp3) is 0.429. The second-order valence-corrected chi connectivity index (χ2v) is 4.55. The minimum atomic E-state index is -0.212. The zero-order valence-corrected chi connectivity index (χ0v) is 12.0. The van der Waals surface area contributed by atoms with Crippen LogP contribution in [0.25, 0.3) is 0 Å². The molecule has 0 unspecified atom stereocenters. The molecule has 1 aromatic carbocycles. The summed E-state index contributed by atoms with van der Waals surface area (Å²) >= 11 is 0. The van der Waals surface area contributed by atoms with E-state index < -0.39 is 0 Å². The highest BCUT2D eigenvalue weighted by Gasteiger charge is 2.22. The summed E-state index contributed by atoms with van der Waals surface area (Å²) in [6.07, 6.45) is 0. The van der Waals surface area contributed by atoms with Crippen molar-refractivity contribution in [3.63, 3.8) is 0 Å². The maximum absolute atomic E-state index is 12.6. The van der Waals surface area contributed by atoms with Crippen molar-refractivity contribution in [1.29, 1.82) is 0 Å². The summed E-state index contributed by atoms with van der Waals surface area (Å²) in [6, 6.07) is 6.95. The van der Waals surface area contributed by atoms with E-state index in [0.29, 0.717) is 17.9 Å². The van der Waals surface area contributed by atoms with Gasteiger partial charge in [0.25, 0.3) is 5.91 Å². The van der Waals surface area contributed by atoms with E-state index in [1.807, 2.05) is 26.8 Å². The van der Waals surface area contributed by atoms with E-state index in [4.69, 9.17) is 15.7 Å². The molecule has 1 aromatic rings. The molecule has 110 valence electrons. The first-order chi connectivity index (χ1) is 9.51. The molecule has 0 aliphatic carbocycles. The number of nitrogens with two attached hydrogens (primary N) is 1. The second kappa shape index (κ2) is 7.37. The normalized spacial score (nSPS) is 11.5. The third kappa shape index (κ3) is 3.88. The molecule has 6 nitrogen and oxygen atoms in total. The number of nitrogens with zero attached hydrogens (tertiary/aromatic N) is 2. The Labute approximate surface area is 118 Å². The predicted octanol–water partition coefficient (Wildman–Crippen LogP) is 1.68. The highest BCUT2D eigenvalue weighted by molar-refractivity contribution is 5.99. The van der Waals surface area contributed by atoms with Gasteiger partial charge in [0.15, 0.2) is 5.84 Å². The van der Waals surface area contributed by atoms with Crippen LogP contribution in [0.3, 0.4) is 0 Å². The van der Waals surface area contributed by atoms with E-state index in [0.717, 1.165) is 0 Å². The largest absolute Gasteiger partial charge is 0.493 e. The molecule has 0 aromatic heterocycles. The molecule has 0 radical (unpaired) electrons. The summed E-state index contributed by atoms with van der Waals surface area (Å²) in [6.45, 7) is 6.13. The predicted molar refractivity (Wildman–Crippen MR) is 77.2 cm³/mol. The number of carbonyl (C=O) groups excluding carboxylic acids is 1. The van der Waals surface area contributed by atoms with Gasteiger partial charge in [0.1, 0.15) is 5.75 Å². The summed E-state index contributed by atoms with van der Waals surface area (Å²) in [5.74, 6) is 0.307. The van der Waals surface area contributed by atoms with E-state index in [-0.39, 0.29) is 24.3 Å². The molecule has 0 fully saturated rings. The van der Waals surface area contributed by atoms with E-state index >= 15 is 0 Å². The Hall–Kier alpha value is -2.24. The van der Waals surface area contributed by atoms with Crippen LogP contribution in [0.2, 0.25) is 0 Å². The Kier molecular flexibility index (Phi) is 5.83. The summed E-state index contributed by atoms with van der Waals surface area (Å²) < 4.78 is 5.46. The number of oxime groups is 1. The van der Waals surface area contributed by atoms with Crippen LogP contribution in [-0.2, 0) is 0 Å². The first-order valence-corrected chi connectivity index (χ1v) is 6.50. The first kappa shape index (κ1) is 15.8. The van der Waals surface area contributed by atoms with Crippen LogP contribution in [-0.4, -0.2) is 41.0 Å². The van der Waals surface area contributed by atoms with Crippen molar-refractivity contribution in [3.8, 4) is 5.75 Å². The third-order valence-corrected chi connectivity index (χ3v) is 2.76. The molecule has 0 heterocycles. The van der Waals surface area contributed by atoms with Gasteiger partial charge in [-0.1, -0.05) is 17.3 Å². The quantitative estimate of drug-likeness (QED) is 0.359. The lowest BCUT2D eigenvalue weighted by Gasteiger charge is -2.26. The Morgan fingerprint density at radius 1 is 1.45 bits per heavy atom. The molecule has 0 atom stereocenters. The van der Waals surface area contributed by atoms with Gasteiger partial charge in [-0.05, 0) is 32.9 Å². The van der Waals surface area contributed by atoms with E-state index in [1.54, 1.807) is 18.2 Å². The van der Waals surface area contributed by atoms with Crippen LogP contribution in [0, 0.1) is 0 Å². The number of hydrogen-bond acceptors (Lipinski definition) is 4. The average molecular weight is 279 g/mol. The molecule has 0 saturated heterocycles. The Morgan fingerprint density at radius 2 is 2.10 bits per heavy atom. The number of para-hydroxylation sites is 1. The monoisotopic (exact) mass is 279 g/mol. The van der Waals surface area contributed by atoms with Crippen molar-refractivity contribution in [1.82, 2.24) is 4.90 Å². The second-order valence-electron chi connectivity index (χ2n) is 4.55. The Balaban J connectivity index is 3.06. The van der Waals surface area contributed by atoms with Crippen molar-refractivity contribution in [2.24, 2.45) is 10.9 Å². The number of benzene rings is 1. The summed E-state index contributed by atoms with van der Waals surface area (Å²) in [4.78, 5) is 14.1. The molecule has 1 rings (SSSR count). The minimum absolute atomic E-state index is 0.0130. The van der Waals surface area contributed by atoms with Gasteiger partial charge >= 0.3 is 0 Å². The molecular weight excluding hydrogens is 258 g/mol. The lowest BCUT2D eigenvalue weighted by molar-refractivity contribution is 0.0730. The number of hydrogen-bond donors (Lipinski definition) is 2. The van der Waals surface area contributed by atoms with Crippen LogP contribution in [0.15, 0.2) is 29.4 Å². The van der Waals surface area contributed by atoms with Gasteiger partial charge in [-0.3, -0.25) is 4.79 Å². The SMILES string of the molecule is CCOc1ccccc1C(=O)N(CC(N)=NO)C(C)C. The maximum Gasteiger partial charge on any atom is 0.258 e. The summed E-state index contributed by atoms with van der Waals surface area (Å²) in [5, 5.41) is 11.6. The van der Waals surface area contributed by atoms with Crippen LogP contribution >= 0.6 is 0 Å². The molecule has 1 amide bonds. The molecule has 6 heteroatoms. The number of ether oxygens (including phenoxy) is 1. The van der Waals surface area contributed by atoms with Gasteiger partial charge in [-0.25, -0.2) is 0 Å². The van der Waals surface area contributed by atoms with Crippen molar-refractivity contribution in [3.05, 3.63) is 29.8 Å². The average Bonchev–Trinajstić information content (AvgIpc) is 2.44. The molecule has 3 N–H and O–H groups in total. The molecule has 0 bridgehead atoms. The maximum atomic E-state index is 12.6. The summed E-state index contributed by atoms with van der Waals surface area (Å²) in [5.41, 5.74) is 5.97. The fourth-order valence-corrected chi connectivity index (χ4v) is 1.77. The fourth-order valence-electron chi connectivity index (χ4n) is 1.77. The smallest absolute Gasteiger partial charge is 0.258 e. The molecule has 0 spiro atoms. The van der Waals surface area contributed by atoms with Gasteiger partial charge in [-0.2, -0.15) is 0 Å². The van der Waals surface area contributed by atoms with E-state index in [9.17, 15) is 4.79 Å². The van der Waals surface area contributed by atoms with Crippen LogP contribution < -0.4 is 10.5 Å². The summed E-state index contributed by atoms with van der Waals surface area (Å²) in [7, 11) is 0. The lowest BCUT2D eigenvalue weighted by Crippen LogP contribution is -2.43. The standard InChI is InChI=1S/C14H21N3O3/c1-4-20-12-8-6-5-7-11(12)14(18)17(10(2)3)9-13(15)16-19/h5-8,10,19H,4,9H2,1-3H3,(H2,15,16). The van der Waals surface area contributed by atoms with Crippen molar-refractivity contribution < 1.29 is 14.7 Å². The van der Waals surface area contributed by atoms with Crippen molar-refractivity contribution in [2.75, 3.05) is 13.2 Å². The number of amides is 1. The minimum Gasteiger partial charge on any atom is -0.493 e. The van der Waals surface area contributed by atoms with Gasteiger partial charge in [-0.15, -0.1) is 0 Å². The number of rotatable bonds is 6. The highest BCUT2D eigenvalue weighted by Crippen LogP contribution is 2.20. The lowest BCUT2D eigenvalue weighted by atomic mass is 10.1.